The molecule has 2 heterocycles. The van der Waals surface area contributed by atoms with Gasteiger partial charge in [0.05, 0.1) is 7.11 Å². The molecule has 1 aromatic carbocycles. The van der Waals surface area contributed by atoms with Crippen molar-refractivity contribution in [3.05, 3.63) is 46.8 Å². The molecule has 1 amide bonds. The maximum atomic E-state index is 12.5. The summed E-state index contributed by atoms with van der Waals surface area (Å²) in [6.45, 7) is 2.77. The number of carbonyl (C=O) groups is 1. The Hall–Kier alpha value is -2.34. The van der Waals surface area contributed by atoms with E-state index in [9.17, 15) is 4.79 Å². The lowest BCUT2D eigenvalue weighted by molar-refractivity contribution is -0.122. The standard InChI is InChI=1S/C21H28N4O2/c1-27-20-11-16-5-2-4-15(16)10-18(20)13-23-21(26)14-25-19(7-9-24-25)17-6-3-8-22-12-17/h7,9-11,17,22H,2-6,8,12-14H2,1H3,(H,23,26). The van der Waals surface area contributed by atoms with Gasteiger partial charge >= 0.3 is 0 Å². The van der Waals surface area contributed by atoms with E-state index in [-0.39, 0.29) is 12.5 Å². The first-order chi connectivity index (χ1) is 13.2. The van der Waals surface area contributed by atoms with Gasteiger partial charge < -0.3 is 15.4 Å². The van der Waals surface area contributed by atoms with Gasteiger partial charge in [-0.15, -0.1) is 0 Å². The Bertz CT molecular complexity index is 809. The van der Waals surface area contributed by atoms with Crippen molar-refractivity contribution in [2.45, 2.75) is 51.1 Å². The van der Waals surface area contributed by atoms with Crippen LogP contribution in [0.15, 0.2) is 24.4 Å². The fourth-order valence-electron chi connectivity index (χ4n) is 4.29. The number of ether oxygens (including phenoxy) is 1. The van der Waals surface area contributed by atoms with Crippen molar-refractivity contribution in [1.29, 1.82) is 0 Å². The minimum absolute atomic E-state index is 0.0220. The van der Waals surface area contributed by atoms with Gasteiger partial charge in [0, 0.05) is 36.5 Å². The second-order valence-corrected chi connectivity index (χ2v) is 7.52. The quantitative estimate of drug-likeness (QED) is 0.820. The van der Waals surface area contributed by atoms with Crippen molar-refractivity contribution in [3.63, 3.8) is 0 Å². The van der Waals surface area contributed by atoms with E-state index in [1.807, 2.05) is 10.7 Å². The van der Waals surface area contributed by atoms with Gasteiger partial charge in [0.1, 0.15) is 12.3 Å². The van der Waals surface area contributed by atoms with Crippen LogP contribution in [-0.4, -0.2) is 35.9 Å². The molecule has 0 spiro atoms. The number of nitrogens with one attached hydrogen (secondary N) is 2. The lowest BCUT2D eigenvalue weighted by Gasteiger charge is -2.23. The van der Waals surface area contributed by atoms with E-state index in [2.05, 4.69) is 27.9 Å². The highest BCUT2D eigenvalue weighted by atomic mass is 16.5. The second-order valence-electron chi connectivity index (χ2n) is 7.52. The molecule has 1 aliphatic heterocycles. The fraction of sp³-hybridized carbons (Fsp3) is 0.524. The Labute approximate surface area is 160 Å². The smallest absolute Gasteiger partial charge is 0.242 e. The predicted molar refractivity (Wildman–Crippen MR) is 104 cm³/mol. The van der Waals surface area contributed by atoms with Crippen LogP contribution in [0.25, 0.3) is 0 Å². The van der Waals surface area contributed by atoms with Crippen molar-refractivity contribution in [3.8, 4) is 5.75 Å². The maximum Gasteiger partial charge on any atom is 0.242 e. The number of rotatable bonds is 6. The molecule has 1 unspecified atom stereocenters. The SMILES string of the molecule is COc1cc2c(cc1CNC(=O)Cn1nccc1C1CCCNC1)CCC2. The molecule has 1 fully saturated rings. The molecule has 27 heavy (non-hydrogen) atoms. The molecule has 6 nitrogen and oxygen atoms in total. The molecule has 2 N–H and O–H groups in total. The first kappa shape index (κ1) is 18.0. The summed E-state index contributed by atoms with van der Waals surface area (Å²) in [7, 11) is 1.69. The van der Waals surface area contributed by atoms with Gasteiger partial charge in [0.25, 0.3) is 0 Å². The lowest BCUT2D eigenvalue weighted by Crippen LogP contribution is -2.32. The first-order valence-corrected chi connectivity index (χ1v) is 9.92. The summed E-state index contributed by atoms with van der Waals surface area (Å²) in [6.07, 6.45) is 7.54. The van der Waals surface area contributed by atoms with E-state index >= 15 is 0 Å². The molecular weight excluding hydrogens is 340 g/mol. The summed E-state index contributed by atoms with van der Waals surface area (Å²) in [5, 5.41) is 10.8. The number of fused-ring (bicyclic) bond motifs is 1. The van der Waals surface area contributed by atoms with E-state index < -0.39 is 0 Å². The number of aryl methyl sites for hydroxylation is 2. The van der Waals surface area contributed by atoms with Crippen LogP contribution in [0.2, 0.25) is 0 Å². The van der Waals surface area contributed by atoms with E-state index in [4.69, 9.17) is 4.74 Å². The van der Waals surface area contributed by atoms with Crippen LogP contribution in [0.4, 0.5) is 0 Å². The Morgan fingerprint density at radius 1 is 1.33 bits per heavy atom. The molecule has 4 rings (SSSR count). The number of aromatic nitrogens is 2. The van der Waals surface area contributed by atoms with E-state index in [1.54, 1.807) is 13.3 Å². The maximum absolute atomic E-state index is 12.5. The highest BCUT2D eigenvalue weighted by molar-refractivity contribution is 5.75. The van der Waals surface area contributed by atoms with Crippen molar-refractivity contribution in [2.75, 3.05) is 20.2 Å². The number of hydrogen-bond acceptors (Lipinski definition) is 4. The monoisotopic (exact) mass is 368 g/mol. The molecule has 0 radical (unpaired) electrons. The molecule has 1 aliphatic carbocycles. The molecule has 0 saturated carbocycles. The zero-order valence-electron chi connectivity index (χ0n) is 16.0. The van der Waals surface area contributed by atoms with Crippen molar-refractivity contribution < 1.29 is 9.53 Å². The number of amides is 1. The zero-order valence-corrected chi connectivity index (χ0v) is 16.0. The number of nitrogens with zero attached hydrogens (tertiary/aromatic N) is 2. The predicted octanol–water partition coefficient (Wildman–Crippen LogP) is 2.16. The lowest BCUT2D eigenvalue weighted by atomic mass is 9.96. The summed E-state index contributed by atoms with van der Waals surface area (Å²) in [6, 6.07) is 6.36. The minimum atomic E-state index is -0.0220. The van der Waals surface area contributed by atoms with Crippen molar-refractivity contribution in [1.82, 2.24) is 20.4 Å². The van der Waals surface area contributed by atoms with Crippen LogP contribution >= 0.6 is 0 Å². The van der Waals surface area contributed by atoms with Gasteiger partial charge in [0.15, 0.2) is 0 Å². The van der Waals surface area contributed by atoms with Gasteiger partial charge in [0.2, 0.25) is 5.91 Å². The molecule has 1 saturated heterocycles. The fourth-order valence-corrected chi connectivity index (χ4v) is 4.29. The van der Waals surface area contributed by atoms with Crippen LogP contribution < -0.4 is 15.4 Å². The molecule has 1 aromatic heterocycles. The molecule has 6 heteroatoms. The Kier molecular flexibility index (Phi) is 5.43. The Morgan fingerprint density at radius 3 is 2.96 bits per heavy atom. The average molecular weight is 368 g/mol. The van der Waals surface area contributed by atoms with Gasteiger partial charge in [-0.2, -0.15) is 5.10 Å². The normalized spacial score (nSPS) is 18.9. The summed E-state index contributed by atoms with van der Waals surface area (Å²) in [5.74, 6) is 1.28. The molecule has 0 bridgehead atoms. The van der Waals surface area contributed by atoms with Crippen LogP contribution in [-0.2, 0) is 30.7 Å². The Balaban J connectivity index is 1.39. The zero-order chi connectivity index (χ0) is 18.6. The molecule has 144 valence electrons. The molecule has 2 aliphatic rings. The number of methoxy groups -OCH3 is 1. The van der Waals surface area contributed by atoms with Gasteiger partial charge in [-0.1, -0.05) is 6.07 Å². The summed E-state index contributed by atoms with van der Waals surface area (Å²) < 4.78 is 7.37. The third-order valence-electron chi connectivity index (χ3n) is 5.73. The highest BCUT2D eigenvalue weighted by Crippen LogP contribution is 2.30. The topological polar surface area (TPSA) is 68.2 Å². The number of piperidine rings is 1. The van der Waals surface area contributed by atoms with Gasteiger partial charge in [-0.25, -0.2) is 0 Å². The molecule has 1 atom stereocenters. The minimum Gasteiger partial charge on any atom is -0.496 e. The molecule has 2 aromatic rings. The number of carbonyl (C=O) groups excluding carboxylic acids is 1. The first-order valence-electron chi connectivity index (χ1n) is 9.92. The van der Waals surface area contributed by atoms with Crippen LogP contribution in [0.1, 0.15) is 47.6 Å². The largest absolute Gasteiger partial charge is 0.496 e. The number of benzene rings is 1. The van der Waals surface area contributed by atoms with E-state index in [0.717, 1.165) is 49.4 Å². The third kappa shape index (κ3) is 4.00. The summed E-state index contributed by atoms with van der Waals surface area (Å²) in [4.78, 5) is 12.5. The van der Waals surface area contributed by atoms with Crippen LogP contribution in [0.5, 0.6) is 5.75 Å². The van der Waals surface area contributed by atoms with Crippen LogP contribution in [0.3, 0.4) is 0 Å². The molecular formula is C21H28N4O2. The van der Waals surface area contributed by atoms with Gasteiger partial charge in [-0.05, 0) is 61.9 Å². The van der Waals surface area contributed by atoms with E-state index in [1.165, 1.54) is 24.0 Å². The number of hydrogen-bond donors (Lipinski definition) is 2. The van der Waals surface area contributed by atoms with Gasteiger partial charge in [-0.3, -0.25) is 9.48 Å². The van der Waals surface area contributed by atoms with Crippen molar-refractivity contribution >= 4 is 5.91 Å². The van der Waals surface area contributed by atoms with E-state index in [0.29, 0.717) is 12.5 Å². The summed E-state index contributed by atoms with van der Waals surface area (Å²) in [5.41, 5.74) is 4.96. The highest BCUT2D eigenvalue weighted by Gasteiger charge is 2.20. The Morgan fingerprint density at radius 2 is 2.19 bits per heavy atom. The summed E-state index contributed by atoms with van der Waals surface area (Å²) >= 11 is 0. The van der Waals surface area contributed by atoms with Crippen LogP contribution in [0, 0.1) is 0 Å². The average Bonchev–Trinajstić information content (AvgIpc) is 3.35. The third-order valence-corrected chi connectivity index (χ3v) is 5.73. The second kappa shape index (κ2) is 8.13. The van der Waals surface area contributed by atoms with Crippen molar-refractivity contribution in [2.24, 2.45) is 0 Å².